The number of fused-ring (bicyclic) bond motifs is 2. The number of para-hydroxylation sites is 1. The summed E-state index contributed by atoms with van der Waals surface area (Å²) in [6, 6.07) is 12.9. The number of nitrogens with one attached hydrogen (secondary N) is 3. The number of aromatic nitrogens is 4. The molecule has 1 aliphatic heterocycles. The standard InChI is InChI=1S/C22H16FN7O2/c23-15-7-5-13(6-8-15)20(31)30-22-25-10-16(11-26-22)29-19-18-21(28-12-27-19)32-17-4-2-1-3-14(17)9-24-18/h1-8,10-12,24H,9H2,(H,27,28,29)(H,25,26,30,31). The Hall–Kier alpha value is -4.60. The van der Waals surface area contributed by atoms with Crippen LogP contribution in [0.3, 0.4) is 0 Å². The lowest BCUT2D eigenvalue weighted by atomic mass is 10.2. The van der Waals surface area contributed by atoms with E-state index in [1.54, 1.807) is 0 Å². The van der Waals surface area contributed by atoms with Gasteiger partial charge in [-0.25, -0.2) is 19.3 Å². The molecule has 3 N–H and O–H groups in total. The topological polar surface area (TPSA) is 114 Å². The highest BCUT2D eigenvalue weighted by atomic mass is 19.1. The van der Waals surface area contributed by atoms with Crippen LogP contribution < -0.4 is 20.7 Å². The molecule has 0 saturated carbocycles. The molecule has 0 atom stereocenters. The molecular formula is C22H16FN7O2. The first-order valence-corrected chi connectivity index (χ1v) is 9.66. The van der Waals surface area contributed by atoms with Gasteiger partial charge in [-0.3, -0.25) is 10.1 Å². The van der Waals surface area contributed by atoms with Crippen molar-refractivity contribution in [3.63, 3.8) is 0 Å². The van der Waals surface area contributed by atoms with Gasteiger partial charge >= 0.3 is 0 Å². The Kier molecular flexibility index (Phi) is 5.00. The Bertz CT molecular complexity index is 1280. The van der Waals surface area contributed by atoms with Crippen molar-refractivity contribution in [2.24, 2.45) is 0 Å². The van der Waals surface area contributed by atoms with Crippen LogP contribution in [0.1, 0.15) is 15.9 Å². The van der Waals surface area contributed by atoms with E-state index < -0.39 is 11.7 Å². The van der Waals surface area contributed by atoms with Gasteiger partial charge in [0.25, 0.3) is 5.91 Å². The SMILES string of the molecule is O=C(Nc1ncc(Nc2ncnc3c2NCc2ccccc2O3)cn1)c1ccc(F)cc1. The lowest BCUT2D eigenvalue weighted by molar-refractivity contribution is 0.102. The Labute approximate surface area is 181 Å². The Morgan fingerprint density at radius 2 is 1.78 bits per heavy atom. The maximum absolute atomic E-state index is 13.0. The van der Waals surface area contributed by atoms with E-state index in [9.17, 15) is 9.18 Å². The number of halogens is 1. The van der Waals surface area contributed by atoms with Crippen molar-refractivity contribution in [2.45, 2.75) is 6.54 Å². The van der Waals surface area contributed by atoms with Gasteiger partial charge in [0, 0.05) is 17.7 Å². The van der Waals surface area contributed by atoms with Crippen LogP contribution in [0, 0.1) is 5.82 Å². The minimum atomic E-state index is -0.437. The van der Waals surface area contributed by atoms with E-state index in [0.717, 1.165) is 11.3 Å². The molecule has 4 aromatic rings. The molecule has 3 heterocycles. The summed E-state index contributed by atoms with van der Waals surface area (Å²) in [6.07, 6.45) is 4.41. The van der Waals surface area contributed by atoms with Gasteiger partial charge in [-0.1, -0.05) is 18.2 Å². The zero-order valence-electron chi connectivity index (χ0n) is 16.5. The van der Waals surface area contributed by atoms with Crippen LogP contribution in [0.15, 0.2) is 67.3 Å². The van der Waals surface area contributed by atoms with Gasteiger partial charge in [0.1, 0.15) is 23.6 Å². The largest absolute Gasteiger partial charge is 0.437 e. The lowest BCUT2D eigenvalue weighted by Crippen LogP contribution is -2.14. The molecule has 0 radical (unpaired) electrons. The fourth-order valence-corrected chi connectivity index (χ4v) is 3.11. The number of benzene rings is 2. The fourth-order valence-electron chi connectivity index (χ4n) is 3.11. The molecule has 0 unspecified atom stereocenters. The summed E-state index contributed by atoms with van der Waals surface area (Å²) < 4.78 is 18.9. The molecule has 0 aliphatic carbocycles. The number of ether oxygens (including phenoxy) is 1. The molecule has 32 heavy (non-hydrogen) atoms. The minimum Gasteiger partial charge on any atom is -0.437 e. The van der Waals surface area contributed by atoms with Gasteiger partial charge < -0.3 is 15.4 Å². The number of amides is 1. The maximum atomic E-state index is 13.0. The quantitative estimate of drug-likeness (QED) is 0.444. The number of hydrogen-bond donors (Lipinski definition) is 3. The normalized spacial score (nSPS) is 11.8. The van der Waals surface area contributed by atoms with E-state index in [-0.39, 0.29) is 5.95 Å². The van der Waals surface area contributed by atoms with Crippen LogP contribution >= 0.6 is 0 Å². The number of hydrogen-bond acceptors (Lipinski definition) is 8. The molecule has 0 fully saturated rings. The molecule has 0 spiro atoms. The summed E-state index contributed by atoms with van der Waals surface area (Å²) in [5, 5.41) is 8.99. The molecule has 1 aliphatic rings. The third-order valence-corrected chi connectivity index (χ3v) is 4.69. The number of carbonyl (C=O) groups is 1. The van der Waals surface area contributed by atoms with Crippen molar-refractivity contribution < 1.29 is 13.9 Å². The second kappa shape index (κ2) is 8.26. The number of rotatable bonds is 4. The Morgan fingerprint density at radius 3 is 2.59 bits per heavy atom. The van der Waals surface area contributed by atoms with Gasteiger partial charge in [0.15, 0.2) is 5.82 Å². The van der Waals surface area contributed by atoms with Crippen molar-refractivity contribution >= 4 is 29.0 Å². The van der Waals surface area contributed by atoms with Crippen LogP contribution in [-0.2, 0) is 6.54 Å². The van der Waals surface area contributed by atoms with Crippen LogP contribution in [0.25, 0.3) is 0 Å². The van der Waals surface area contributed by atoms with Crippen LogP contribution in [0.2, 0.25) is 0 Å². The van der Waals surface area contributed by atoms with Crippen molar-refractivity contribution in [3.8, 4) is 11.6 Å². The number of anilines is 4. The zero-order valence-corrected chi connectivity index (χ0v) is 16.5. The van der Waals surface area contributed by atoms with Crippen molar-refractivity contribution in [2.75, 3.05) is 16.0 Å². The fraction of sp³-hybridized carbons (Fsp3) is 0.0455. The molecule has 0 bridgehead atoms. The predicted molar refractivity (Wildman–Crippen MR) is 116 cm³/mol. The maximum Gasteiger partial charge on any atom is 0.258 e. The Balaban J connectivity index is 1.31. The highest BCUT2D eigenvalue weighted by Crippen LogP contribution is 2.37. The van der Waals surface area contributed by atoms with Crippen molar-refractivity contribution in [1.29, 1.82) is 0 Å². The van der Waals surface area contributed by atoms with Crippen LogP contribution in [0.4, 0.5) is 27.5 Å². The average molecular weight is 429 g/mol. The zero-order chi connectivity index (χ0) is 21.9. The van der Waals surface area contributed by atoms with E-state index in [0.29, 0.717) is 35.2 Å². The van der Waals surface area contributed by atoms with Crippen LogP contribution in [-0.4, -0.2) is 25.8 Å². The van der Waals surface area contributed by atoms with Gasteiger partial charge in [-0.2, -0.15) is 4.98 Å². The molecule has 0 saturated heterocycles. The molecule has 1 amide bonds. The number of nitrogens with zero attached hydrogens (tertiary/aromatic N) is 4. The molecule has 5 rings (SSSR count). The summed E-state index contributed by atoms with van der Waals surface area (Å²) in [7, 11) is 0. The Morgan fingerprint density at radius 1 is 1.00 bits per heavy atom. The van der Waals surface area contributed by atoms with E-state index in [1.807, 2.05) is 24.3 Å². The van der Waals surface area contributed by atoms with Crippen molar-refractivity contribution in [3.05, 3.63) is 84.2 Å². The molecule has 2 aromatic carbocycles. The second-order valence-electron chi connectivity index (χ2n) is 6.85. The number of carbonyl (C=O) groups excluding carboxylic acids is 1. The van der Waals surface area contributed by atoms with E-state index >= 15 is 0 Å². The molecule has 9 nitrogen and oxygen atoms in total. The summed E-state index contributed by atoms with van der Waals surface area (Å²) >= 11 is 0. The summed E-state index contributed by atoms with van der Waals surface area (Å²) in [4.78, 5) is 29.0. The predicted octanol–water partition coefficient (Wildman–Crippen LogP) is 4.12. The second-order valence-corrected chi connectivity index (χ2v) is 6.85. The van der Waals surface area contributed by atoms with Gasteiger partial charge in [0.2, 0.25) is 11.8 Å². The third kappa shape index (κ3) is 4.01. The average Bonchev–Trinajstić information content (AvgIpc) is 3.01. The third-order valence-electron chi connectivity index (χ3n) is 4.69. The first-order valence-electron chi connectivity index (χ1n) is 9.66. The smallest absolute Gasteiger partial charge is 0.258 e. The molecule has 158 valence electrons. The lowest BCUT2D eigenvalue weighted by Gasteiger charge is -2.12. The van der Waals surface area contributed by atoms with Crippen molar-refractivity contribution in [1.82, 2.24) is 19.9 Å². The molecular weight excluding hydrogens is 413 g/mol. The minimum absolute atomic E-state index is 0.114. The first kappa shape index (κ1) is 19.4. The van der Waals surface area contributed by atoms with Crippen LogP contribution in [0.5, 0.6) is 11.6 Å². The van der Waals surface area contributed by atoms with E-state index in [2.05, 4.69) is 35.9 Å². The highest BCUT2D eigenvalue weighted by Gasteiger charge is 2.19. The monoisotopic (exact) mass is 429 g/mol. The van der Waals surface area contributed by atoms with Gasteiger partial charge in [-0.05, 0) is 30.3 Å². The summed E-state index contributed by atoms with van der Waals surface area (Å²) in [5.41, 5.74) is 2.46. The summed E-state index contributed by atoms with van der Waals surface area (Å²) in [5.74, 6) is 0.884. The molecule has 2 aromatic heterocycles. The van der Waals surface area contributed by atoms with E-state index in [1.165, 1.54) is 43.0 Å². The highest BCUT2D eigenvalue weighted by molar-refractivity contribution is 6.03. The summed E-state index contributed by atoms with van der Waals surface area (Å²) in [6.45, 7) is 0.552. The van der Waals surface area contributed by atoms with Gasteiger partial charge in [-0.15, -0.1) is 0 Å². The molecule has 10 heteroatoms. The van der Waals surface area contributed by atoms with Gasteiger partial charge in [0.05, 0.1) is 18.1 Å². The van der Waals surface area contributed by atoms with E-state index in [4.69, 9.17) is 4.74 Å². The first-order chi connectivity index (χ1) is 15.7.